The van der Waals surface area contributed by atoms with Crippen LogP contribution in [0.15, 0.2) is 48.8 Å². The average Bonchev–Trinajstić information content (AvgIpc) is 3.21. The maximum Gasteiger partial charge on any atom is 0.490 e. The molecule has 180 valence electrons. The van der Waals surface area contributed by atoms with Gasteiger partial charge in [-0.05, 0) is 24.3 Å². The molecule has 3 N–H and O–H groups in total. The molecule has 1 aliphatic rings. The summed E-state index contributed by atoms with van der Waals surface area (Å²) in [5, 5.41) is 13.1. The highest BCUT2D eigenvalue weighted by Gasteiger charge is 2.38. The van der Waals surface area contributed by atoms with E-state index in [2.05, 4.69) is 20.2 Å². The lowest BCUT2D eigenvalue weighted by molar-refractivity contribution is -0.192. The van der Waals surface area contributed by atoms with E-state index in [1.807, 2.05) is 6.20 Å². The lowest BCUT2D eigenvalue weighted by Gasteiger charge is -2.17. The summed E-state index contributed by atoms with van der Waals surface area (Å²) in [6, 6.07) is 7.90. The molecule has 0 atom stereocenters. The van der Waals surface area contributed by atoms with Crippen molar-refractivity contribution < 1.29 is 41.4 Å². The van der Waals surface area contributed by atoms with Crippen molar-refractivity contribution in [3.05, 3.63) is 71.7 Å². The first kappa shape index (κ1) is 24.6. The van der Waals surface area contributed by atoms with Gasteiger partial charge >= 0.3 is 12.1 Å². The minimum absolute atomic E-state index is 0.129. The van der Waals surface area contributed by atoms with Crippen LogP contribution in [0.2, 0.25) is 0 Å². The van der Waals surface area contributed by atoms with E-state index < -0.39 is 23.8 Å². The summed E-state index contributed by atoms with van der Waals surface area (Å²) in [5.74, 6) is -4.49. The molecule has 8 nitrogen and oxygen atoms in total. The number of halogens is 5. The largest absolute Gasteiger partial charge is 0.490 e. The van der Waals surface area contributed by atoms with Crippen LogP contribution in [0.25, 0.3) is 0 Å². The Morgan fingerprint density at radius 3 is 2.50 bits per heavy atom. The van der Waals surface area contributed by atoms with Crippen LogP contribution in [-0.4, -0.2) is 39.3 Å². The number of rotatable bonds is 4. The van der Waals surface area contributed by atoms with Gasteiger partial charge in [-0.25, -0.2) is 18.6 Å². The van der Waals surface area contributed by atoms with Gasteiger partial charge in [0.15, 0.2) is 11.6 Å². The number of carbonyl (C=O) groups excluding carboxylic acids is 1. The zero-order valence-corrected chi connectivity index (χ0v) is 17.2. The van der Waals surface area contributed by atoms with Crippen LogP contribution in [0, 0.1) is 11.6 Å². The average molecular weight is 484 g/mol. The van der Waals surface area contributed by atoms with Crippen molar-refractivity contribution in [2.75, 3.05) is 11.9 Å². The number of anilines is 1. The van der Waals surface area contributed by atoms with Gasteiger partial charge in [0.1, 0.15) is 5.82 Å². The molecular weight excluding hydrogens is 467 g/mol. The Morgan fingerprint density at radius 2 is 1.88 bits per heavy atom. The van der Waals surface area contributed by atoms with Crippen LogP contribution in [0.1, 0.15) is 16.1 Å². The van der Waals surface area contributed by atoms with E-state index in [0.717, 1.165) is 30.9 Å². The van der Waals surface area contributed by atoms with Gasteiger partial charge in [0.2, 0.25) is 5.88 Å². The van der Waals surface area contributed by atoms with Crippen LogP contribution < -0.4 is 15.4 Å². The lowest BCUT2D eigenvalue weighted by Crippen LogP contribution is -2.29. The third-order valence-electron chi connectivity index (χ3n) is 4.49. The molecule has 0 spiro atoms. The van der Waals surface area contributed by atoms with Crippen molar-refractivity contribution in [1.29, 1.82) is 0 Å². The smallest absolute Gasteiger partial charge is 0.475 e. The van der Waals surface area contributed by atoms with Crippen LogP contribution in [0.3, 0.4) is 0 Å². The molecule has 3 heterocycles. The monoisotopic (exact) mass is 484 g/mol. The number of aromatic nitrogens is 2. The van der Waals surface area contributed by atoms with Crippen molar-refractivity contribution in [3.63, 3.8) is 0 Å². The van der Waals surface area contributed by atoms with Crippen LogP contribution >= 0.6 is 0 Å². The van der Waals surface area contributed by atoms with Crippen molar-refractivity contribution in [2.24, 2.45) is 0 Å². The number of carboxylic acid groups (broad SMARTS) is 1. The molecule has 0 radical (unpaired) electrons. The fourth-order valence-electron chi connectivity index (χ4n) is 2.91. The number of carboxylic acids is 1. The summed E-state index contributed by atoms with van der Waals surface area (Å²) in [4.78, 5) is 25.4. The van der Waals surface area contributed by atoms with E-state index in [4.69, 9.17) is 14.6 Å². The van der Waals surface area contributed by atoms with Gasteiger partial charge in [0.25, 0.3) is 5.91 Å². The zero-order valence-electron chi connectivity index (χ0n) is 17.2. The van der Waals surface area contributed by atoms with Crippen molar-refractivity contribution >= 4 is 17.6 Å². The fourth-order valence-corrected chi connectivity index (χ4v) is 2.91. The maximum absolute atomic E-state index is 13.6. The Morgan fingerprint density at radius 1 is 1.15 bits per heavy atom. The molecule has 13 heteroatoms. The van der Waals surface area contributed by atoms with Crippen LogP contribution in [0.4, 0.5) is 27.6 Å². The number of benzene rings is 1. The normalized spacial score (nSPS) is 12.7. The maximum atomic E-state index is 13.6. The molecule has 0 fully saturated rings. The first-order valence-electron chi connectivity index (χ1n) is 9.63. The number of pyridine rings is 1. The molecule has 3 aromatic rings. The number of carbonyl (C=O) groups is 2. The summed E-state index contributed by atoms with van der Waals surface area (Å²) in [6.07, 6.45) is -1.77. The topological polar surface area (TPSA) is 105 Å². The molecule has 34 heavy (non-hydrogen) atoms. The number of nitrogens with one attached hydrogen (secondary N) is 2. The molecule has 2 aromatic heterocycles. The Labute approximate surface area is 189 Å². The van der Waals surface area contributed by atoms with Crippen molar-refractivity contribution in [1.82, 2.24) is 14.9 Å². The Kier molecular flexibility index (Phi) is 7.46. The molecule has 1 amide bonds. The minimum Gasteiger partial charge on any atom is -0.475 e. The van der Waals surface area contributed by atoms with E-state index in [1.54, 1.807) is 12.1 Å². The second kappa shape index (κ2) is 10.3. The Hall–Kier alpha value is -4.00. The number of hydrogen-bond donors (Lipinski definition) is 3. The highest BCUT2D eigenvalue weighted by atomic mass is 19.4. The van der Waals surface area contributed by atoms with Gasteiger partial charge in [0.05, 0.1) is 17.4 Å². The van der Waals surface area contributed by atoms with E-state index >= 15 is 0 Å². The second-order valence-electron chi connectivity index (χ2n) is 6.87. The summed E-state index contributed by atoms with van der Waals surface area (Å²) >= 11 is 0. The van der Waals surface area contributed by atoms with Crippen molar-refractivity contribution in [2.45, 2.75) is 19.3 Å². The zero-order chi connectivity index (χ0) is 24.9. The van der Waals surface area contributed by atoms with E-state index in [-0.39, 0.29) is 17.5 Å². The lowest BCUT2D eigenvalue weighted by atomic mass is 10.2. The predicted octanol–water partition coefficient (Wildman–Crippen LogP) is 3.94. The van der Waals surface area contributed by atoms with Crippen LogP contribution in [-0.2, 0) is 17.9 Å². The standard InChI is InChI=1S/C19H16F2N4O2.C2HF3O2/c20-12-1-3-17(15(21)9-12)27-18-4-2-13(10-23-18)24-19(26)14-5-7-25-8-6-22-11-16(14)25;3-2(4,5)1(6)7/h1-5,7,9-10,22H,6,8,11H2,(H,24,26);(H,6,7). The first-order chi connectivity index (χ1) is 16.0. The van der Waals surface area contributed by atoms with E-state index in [0.29, 0.717) is 17.8 Å². The SMILES string of the molecule is O=C(Nc1ccc(Oc2ccc(F)cc2F)nc1)c1ccn2c1CNCC2.O=C(O)C(F)(F)F. The molecular formula is C21H17F5N4O4. The number of fused-ring (bicyclic) bond motifs is 1. The third kappa shape index (κ3) is 6.28. The summed E-state index contributed by atoms with van der Waals surface area (Å²) in [5.41, 5.74) is 2.03. The number of alkyl halides is 3. The fraction of sp³-hybridized carbons (Fsp3) is 0.190. The number of nitrogens with zero attached hydrogens (tertiary/aromatic N) is 2. The second-order valence-corrected chi connectivity index (χ2v) is 6.87. The van der Waals surface area contributed by atoms with Crippen molar-refractivity contribution in [3.8, 4) is 11.6 Å². The summed E-state index contributed by atoms with van der Waals surface area (Å²) in [7, 11) is 0. The molecule has 0 saturated heterocycles. The summed E-state index contributed by atoms with van der Waals surface area (Å²) in [6.45, 7) is 2.35. The predicted molar refractivity (Wildman–Crippen MR) is 108 cm³/mol. The third-order valence-corrected chi connectivity index (χ3v) is 4.49. The quantitative estimate of drug-likeness (QED) is 0.485. The van der Waals surface area contributed by atoms with Gasteiger partial charge in [-0.15, -0.1) is 0 Å². The summed E-state index contributed by atoms with van der Waals surface area (Å²) < 4.78 is 65.6. The molecule has 4 rings (SSSR count). The van der Waals surface area contributed by atoms with Gasteiger partial charge in [-0.2, -0.15) is 13.2 Å². The molecule has 0 aliphatic carbocycles. The molecule has 0 bridgehead atoms. The van der Waals surface area contributed by atoms with Gasteiger partial charge in [0, 0.05) is 43.7 Å². The van der Waals surface area contributed by atoms with E-state index in [1.165, 1.54) is 18.3 Å². The van der Waals surface area contributed by atoms with E-state index in [9.17, 15) is 26.7 Å². The van der Waals surface area contributed by atoms with Gasteiger partial charge < -0.3 is 25.0 Å². The molecule has 0 saturated carbocycles. The Balaban J connectivity index is 0.000000406. The highest BCUT2D eigenvalue weighted by molar-refractivity contribution is 6.05. The molecule has 1 aliphatic heterocycles. The molecule has 1 aromatic carbocycles. The highest BCUT2D eigenvalue weighted by Crippen LogP contribution is 2.24. The number of aliphatic carboxylic acids is 1. The first-order valence-corrected chi connectivity index (χ1v) is 9.63. The number of ether oxygens (including phenoxy) is 1. The van der Waals surface area contributed by atoms with Crippen LogP contribution in [0.5, 0.6) is 11.6 Å². The molecule has 0 unspecified atom stereocenters. The Bertz CT molecular complexity index is 1180. The van der Waals surface area contributed by atoms with Gasteiger partial charge in [-0.1, -0.05) is 0 Å². The number of hydrogen-bond acceptors (Lipinski definition) is 5. The minimum atomic E-state index is -5.08. The van der Waals surface area contributed by atoms with Gasteiger partial charge in [-0.3, -0.25) is 4.79 Å². The number of amides is 1.